The number of aryl methyl sites for hydroxylation is 1. The summed E-state index contributed by atoms with van der Waals surface area (Å²) in [4.78, 5) is 11.0. The summed E-state index contributed by atoms with van der Waals surface area (Å²) in [6.07, 6.45) is 0. The first-order valence-corrected chi connectivity index (χ1v) is 6.54. The van der Waals surface area contributed by atoms with Gasteiger partial charge in [0.25, 0.3) is 0 Å². The van der Waals surface area contributed by atoms with E-state index in [2.05, 4.69) is 5.32 Å². The summed E-state index contributed by atoms with van der Waals surface area (Å²) in [6.45, 7) is 3.56. The highest BCUT2D eigenvalue weighted by Gasteiger charge is 2.11. The van der Waals surface area contributed by atoms with Crippen molar-refractivity contribution in [3.63, 3.8) is 0 Å². The molecular weight excluding hydrogens is 271 g/mol. The molecule has 0 bridgehead atoms. The van der Waals surface area contributed by atoms with Crippen LogP contribution >= 0.6 is 0 Å². The number of carbonyl (C=O) groups is 1. The number of hydrogen-bond acceptors (Lipinski definition) is 3. The monoisotopic (exact) mass is 288 g/mol. The van der Waals surface area contributed by atoms with Gasteiger partial charge in [0.2, 0.25) is 0 Å². The molecule has 1 atom stereocenters. The second-order valence-electron chi connectivity index (χ2n) is 4.98. The Morgan fingerprint density at radius 3 is 2.62 bits per heavy atom. The quantitative estimate of drug-likeness (QED) is 0.752. The molecule has 0 aliphatic carbocycles. The van der Waals surface area contributed by atoms with Crippen LogP contribution in [0.3, 0.4) is 0 Å². The maximum atomic E-state index is 13.6. The van der Waals surface area contributed by atoms with E-state index in [0.717, 1.165) is 5.56 Å². The van der Waals surface area contributed by atoms with Gasteiger partial charge in [0.15, 0.2) is 0 Å². The smallest absolute Gasteiger partial charge is 0.335 e. The molecular formula is C16H17FN2O2. The van der Waals surface area contributed by atoms with Crippen molar-refractivity contribution in [1.29, 1.82) is 0 Å². The molecule has 0 heterocycles. The molecule has 0 amide bonds. The highest BCUT2D eigenvalue weighted by atomic mass is 19.1. The summed E-state index contributed by atoms with van der Waals surface area (Å²) in [7, 11) is 0. The average molecular weight is 288 g/mol. The van der Waals surface area contributed by atoms with Gasteiger partial charge in [-0.2, -0.15) is 0 Å². The fraction of sp³-hybridized carbons (Fsp3) is 0.188. The second kappa shape index (κ2) is 5.83. The van der Waals surface area contributed by atoms with Gasteiger partial charge in [-0.15, -0.1) is 0 Å². The SMILES string of the molecule is Cc1ccc(C(C)Nc2cc(C(=O)O)ccc2N)cc1F. The van der Waals surface area contributed by atoms with Crippen LogP contribution in [0.4, 0.5) is 15.8 Å². The summed E-state index contributed by atoms with van der Waals surface area (Å²) in [5.41, 5.74) is 8.29. The maximum absolute atomic E-state index is 13.6. The molecule has 0 fully saturated rings. The van der Waals surface area contributed by atoms with Crippen LogP contribution in [0.5, 0.6) is 0 Å². The summed E-state index contributed by atoms with van der Waals surface area (Å²) in [5, 5.41) is 12.1. The molecule has 0 radical (unpaired) electrons. The van der Waals surface area contributed by atoms with Gasteiger partial charge in [-0.1, -0.05) is 12.1 Å². The van der Waals surface area contributed by atoms with Crippen LogP contribution < -0.4 is 11.1 Å². The first kappa shape index (κ1) is 14.8. The lowest BCUT2D eigenvalue weighted by Gasteiger charge is -2.18. The Kier molecular flexibility index (Phi) is 4.12. The molecule has 1 unspecified atom stereocenters. The van der Waals surface area contributed by atoms with Crippen molar-refractivity contribution in [3.05, 3.63) is 58.9 Å². The summed E-state index contributed by atoms with van der Waals surface area (Å²) in [5.74, 6) is -1.29. The van der Waals surface area contributed by atoms with Crippen molar-refractivity contribution >= 4 is 17.3 Å². The molecule has 2 aromatic rings. The van der Waals surface area contributed by atoms with Crippen molar-refractivity contribution in [2.45, 2.75) is 19.9 Å². The Labute approximate surface area is 122 Å². The number of nitrogens with one attached hydrogen (secondary N) is 1. The molecule has 0 aromatic heterocycles. The molecule has 0 spiro atoms. The molecule has 0 aliphatic heterocycles. The van der Waals surface area contributed by atoms with Crippen LogP contribution in [0, 0.1) is 12.7 Å². The molecule has 0 saturated carbocycles. The predicted molar refractivity (Wildman–Crippen MR) is 81.0 cm³/mol. The lowest BCUT2D eigenvalue weighted by Crippen LogP contribution is -2.10. The number of nitrogen functional groups attached to an aromatic ring is 1. The maximum Gasteiger partial charge on any atom is 0.335 e. The zero-order valence-corrected chi connectivity index (χ0v) is 11.9. The third-order valence-electron chi connectivity index (χ3n) is 3.37. The molecule has 4 nitrogen and oxygen atoms in total. The van der Waals surface area contributed by atoms with E-state index < -0.39 is 5.97 Å². The topological polar surface area (TPSA) is 75.3 Å². The number of benzene rings is 2. The van der Waals surface area contributed by atoms with Gasteiger partial charge in [-0.05, 0) is 49.2 Å². The highest BCUT2D eigenvalue weighted by molar-refractivity contribution is 5.90. The lowest BCUT2D eigenvalue weighted by atomic mass is 10.0. The number of carboxylic acids is 1. The molecule has 0 saturated heterocycles. The molecule has 2 aromatic carbocycles. The normalized spacial score (nSPS) is 12.0. The Morgan fingerprint density at radius 2 is 2.00 bits per heavy atom. The second-order valence-corrected chi connectivity index (χ2v) is 4.98. The Hall–Kier alpha value is -2.56. The van der Waals surface area contributed by atoms with Gasteiger partial charge in [0, 0.05) is 6.04 Å². The van der Waals surface area contributed by atoms with Crippen molar-refractivity contribution in [2.75, 3.05) is 11.1 Å². The third-order valence-corrected chi connectivity index (χ3v) is 3.37. The minimum atomic E-state index is -1.02. The van der Waals surface area contributed by atoms with E-state index in [4.69, 9.17) is 10.8 Å². The number of halogens is 1. The van der Waals surface area contributed by atoms with E-state index in [1.807, 2.05) is 13.0 Å². The van der Waals surface area contributed by atoms with Crippen LogP contribution in [0.2, 0.25) is 0 Å². The van der Waals surface area contributed by atoms with E-state index in [1.165, 1.54) is 24.3 Å². The van der Waals surface area contributed by atoms with Gasteiger partial charge >= 0.3 is 5.97 Å². The number of anilines is 2. The van der Waals surface area contributed by atoms with E-state index in [-0.39, 0.29) is 17.4 Å². The number of aromatic carboxylic acids is 1. The molecule has 5 heteroatoms. The van der Waals surface area contributed by atoms with E-state index >= 15 is 0 Å². The number of carboxylic acid groups (broad SMARTS) is 1. The summed E-state index contributed by atoms with van der Waals surface area (Å²) < 4.78 is 13.6. The summed E-state index contributed by atoms with van der Waals surface area (Å²) in [6, 6.07) is 9.25. The zero-order valence-electron chi connectivity index (χ0n) is 11.9. The number of nitrogens with two attached hydrogens (primary N) is 1. The third kappa shape index (κ3) is 3.31. The average Bonchev–Trinajstić information content (AvgIpc) is 2.43. The molecule has 2 rings (SSSR count). The minimum absolute atomic E-state index is 0.147. The fourth-order valence-electron chi connectivity index (χ4n) is 2.01. The Bertz CT molecular complexity index is 686. The number of hydrogen-bond donors (Lipinski definition) is 3. The molecule has 21 heavy (non-hydrogen) atoms. The van der Waals surface area contributed by atoms with Gasteiger partial charge in [0.05, 0.1) is 16.9 Å². The zero-order chi connectivity index (χ0) is 15.6. The van der Waals surface area contributed by atoms with Crippen molar-refractivity contribution in [3.8, 4) is 0 Å². The Balaban J connectivity index is 2.26. The molecule has 110 valence electrons. The van der Waals surface area contributed by atoms with Crippen molar-refractivity contribution in [1.82, 2.24) is 0 Å². The van der Waals surface area contributed by atoms with E-state index in [1.54, 1.807) is 13.0 Å². The van der Waals surface area contributed by atoms with Crippen LogP contribution in [-0.4, -0.2) is 11.1 Å². The van der Waals surface area contributed by atoms with Gasteiger partial charge in [-0.25, -0.2) is 9.18 Å². The van der Waals surface area contributed by atoms with E-state index in [9.17, 15) is 9.18 Å². The van der Waals surface area contributed by atoms with Crippen molar-refractivity contribution < 1.29 is 14.3 Å². The largest absolute Gasteiger partial charge is 0.478 e. The van der Waals surface area contributed by atoms with Crippen LogP contribution in [0.15, 0.2) is 36.4 Å². The highest BCUT2D eigenvalue weighted by Crippen LogP contribution is 2.26. The van der Waals surface area contributed by atoms with Crippen LogP contribution in [0.1, 0.15) is 34.5 Å². The summed E-state index contributed by atoms with van der Waals surface area (Å²) >= 11 is 0. The van der Waals surface area contributed by atoms with Crippen LogP contribution in [-0.2, 0) is 0 Å². The minimum Gasteiger partial charge on any atom is -0.478 e. The van der Waals surface area contributed by atoms with E-state index in [0.29, 0.717) is 16.9 Å². The van der Waals surface area contributed by atoms with Gasteiger partial charge in [0.1, 0.15) is 5.82 Å². The van der Waals surface area contributed by atoms with Crippen LogP contribution in [0.25, 0.3) is 0 Å². The fourth-order valence-corrected chi connectivity index (χ4v) is 2.01. The number of rotatable bonds is 4. The lowest BCUT2D eigenvalue weighted by molar-refractivity contribution is 0.0697. The molecule has 4 N–H and O–H groups in total. The van der Waals surface area contributed by atoms with Gasteiger partial charge in [-0.3, -0.25) is 0 Å². The predicted octanol–water partition coefficient (Wildman–Crippen LogP) is 3.59. The first-order valence-electron chi connectivity index (χ1n) is 6.54. The first-order chi connectivity index (χ1) is 9.88. The Morgan fingerprint density at radius 1 is 1.29 bits per heavy atom. The molecule has 0 aliphatic rings. The standard InChI is InChI=1S/C16H17FN2O2/c1-9-3-4-11(7-13(9)17)10(2)19-15-8-12(16(20)21)5-6-14(15)18/h3-8,10,19H,18H2,1-2H3,(H,20,21). The van der Waals surface area contributed by atoms with Crippen molar-refractivity contribution in [2.24, 2.45) is 0 Å². The van der Waals surface area contributed by atoms with Gasteiger partial charge < -0.3 is 16.2 Å².